The lowest BCUT2D eigenvalue weighted by Crippen LogP contribution is -2.29. The van der Waals surface area contributed by atoms with Crippen LogP contribution >= 0.6 is 12.2 Å². The van der Waals surface area contributed by atoms with Gasteiger partial charge in [0.25, 0.3) is 0 Å². The van der Waals surface area contributed by atoms with Crippen molar-refractivity contribution in [3.8, 4) is 11.3 Å². The Bertz CT molecular complexity index is 1390. The molecule has 1 N–H and O–H groups in total. The first-order valence-corrected chi connectivity index (χ1v) is 11.9. The van der Waals surface area contributed by atoms with Gasteiger partial charge in [-0.2, -0.15) is 0 Å². The standard InChI is InChI=1S/C28H26N4O3S/c1-31(2)18-11-13-19(14-12-18)32-26(25(30-28(32)36)22-10-6-7-17-29-22)24-16-15-23(35-24)20-8-4-5-9-21(20)27(33)34-3/h4-17,25-26H,1-3H3,(H,30,36)/t25-,26+/m0/s1. The second-order valence-corrected chi connectivity index (χ2v) is 9.03. The van der Waals surface area contributed by atoms with Gasteiger partial charge >= 0.3 is 5.97 Å². The van der Waals surface area contributed by atoms with Gasteiger partial charge in [0.1, 0.15) is 17.6 Å². The zero-order chi connectivity index (χ0) is 25.2. The van der Waals surface area contributed by atoms with Crippen LogP contribution in [0, 0.1) is 0 Å². The van der Waals surface area contributed by atoms with Crippen LogP contribution in [-0.2, 0) is 4.74 Å². The number of anilines is 2. The van der Waals surface area contributed by atoms with Gasteiger partial charge in [-0.15, -0.1) is 0 Å². The van der Waals surface area contributed by atoms with Gasteiger partial charge in [-0.25, -0.2) is 4.79 Å². The third kappa shape index (κ3) is 4.31. The van der Waals surface area contributed by atoms with Crippen molar-refractivity contribution in [2.75, 3.05) is 31.0 Å². The SMILES string of the molecule is COC(=O)c1ccccc1-c1ccc([C@@H]2[C@H](c3ccccn3)NC(=S)N2c2ccc(N(C)C)cc2)o1. The zero-order valence-corrected chi connectivity index (χ0v) is 21.0. The number of carbonyl (C=O) groups is 1. The lowest BCUT2D eigenvalue weighted by molar-refractivity contribution is 0.0601. The van der Waals surface area contributed by atoms with Crippen molar-refractivity contribution in [1.82, 2.24) is 10.3 Å². The normalized spacial score (nSPS) is 17.1. The number of rotatable bonds is 6. The van der Waals surface area contributed by atoms with Crippen molar-refractivity contribution in [3.63, 3.8) is 0 Å². The van der Waals surface area contributed by atoms with E-state index in [1.165, 1.54) is 7.11 Å². The van der Waals surface area contributed by atoms with Gasteiger partial charge in [-0.1, -0.05) is 24.3 Å². The number of nitrogens with zero attached hydrogens (tertiary/aromatic N) is 3. The summed E-state index contributed by atoms with van der Waals surface area (Å²) in [4.78, 5) is 21.1. The van der Waals surface area contributed by atoms with E-state index in [0.29, 0.717) is 27.8 Å². The molecule has 5 rings (SSSR count). The number of ether oxygens (including phenoxy) is 1. The van der Waals surface area contributed by atoms with Crippen molar-refractivity contribution in [2.45, 2.75) is 12.1 Å². The molecule has 0 unspecified atom stereocenters. The Balaban J connectivity index is 1.59. The van der Waals surface area contributed by atoms with E-state index in [9.17, 15) is 4.79 Å². The summed E-state index contributed by atoms with van der Waals surface area (Å²) >= 11 is 5.81. The number of carbonyl (C=O) groups excluding carboxylic acids is 1. The molecule has 0 bridgehead atoms. The molecule has 1 aliphatic rings. The molecule has 4 aromatic rings. The van der Waals surface area contributed by atoms with Gasteiger partial charge in [0.2, 0.25) is 0 Å². The highest BCUT2D eigenvalue weighted by Crippen LogP contribution is 2.43. The van der Waals surface area contributed by atoms with E-state index in [1.807, 2.05) is 68.7 Å². The second-order valence-electron chi connectivity index (χ2n) is 8.65. The molecule has 0 amide bonds. The number of esters is 1. The van der Waals surface area contributed by atoms with Crippen LogP contribution in [0.15, 0.2) is 89.5 Å². The summed E-state index contributed by atoms with van der Waals surface area (Å²) in [5, 5.41) is 4.03. The Morgan fingerprint density at radius 2 is 1.78 bits per heavy atom. The lowest BCUT2D eigenvalue weighted by atomic mass is 10.0. The molecule has 7 nitrogen and oxygen atoms in total. The van der Waals surface area contributed by atoms with E-state index < -0.39 is 5.97 Å². The molecule has 1 aliphatic heterocycles. The second kappa shape index (κ2) is 9.83. The Hall–Kier alpha value is -4.17. The molecule has 0 aliphatic carbocycles. The first kappa shape index (κ1) is 23.6. The number of nitrogens with one attached hydrogen (secondary N) is 1. The Kier molecular flexibility index (Phi) is 6.43. The van der Waals surface area contributed by atoms with Crippen LogP contribution in [0.3, 0.4) is 0 Å². The summed E-state index contributed by atoms with van der Waals surface area (Å²) in [5.74, 6) is 0.858. The van der Waals surface area contributed by atoms with E-state index in [1.54, 1.807) is 18.3 Å². The monoisotopic (exact) mass is 498 g/mol. The van der Waals surface area contributed by atoms with Crippen LogP contribution in [0.4, 0.5) is 11.4 Å². The topological polar surface area (TPSA) is 70.8 Å². The Morgan fingerprint density at radius 1 is 1.03 bits per heavy atom. The number of hydrogen-bond donors (Lipinski definition) is 1. The molecular formula is C28H26N4O3S. The molecule has 3 heterocycles. The maximum atomic E-state index is 12.4. The first-order chi connectivity index (χ1) is 17.5. The number of pyridine rings is 1. The maximum Gasteiger partial charge on any atom is 0.338 e. The van der Waals surface area contributed by atoms with Crippen LogP contribution < -0.4 is 15.1 Å². The quantitative estimate of drug-likeness (QED) is 0.281. The van der Waals surface area contributed by atoms with Crippen molar-refractivity contribution in [1.29, 1.82) is 0 Å². The van der Waals surface area contributed by atoms with Crippen LogP contribution in [0.5, 0.6) is 0 Å². The molecule has 2 aromatic heterocycles. The number of benzene rings is 2. The van der Waals surface area contributed by atoms with Gasteiger partial charge in [-0.05, 0) is 66.8 Å². The van der Waals surface area contributed by atoms with Crippen molar-refractivity contribution in [3.05, 3.63) is 102 Å². The minimum Gasteiger partial charge on any atom is -0.465 e. The minimum absolute atomic E-state index is 0.234. The van der Waals surface area contributed by atoms with Crippen LogP contribution in [0.2, 0.25) is 0 Å². The van der Waals surface area contributed by atoms with E-state index in [4.69, 9.17) is 21.4 Å². The van der Waals surface area contributed by atoms with Crippen molar-refractivity contribution in [2.24, 2.45) is 0 Å². The van der Waals surface area contributed by atoms with Gasteiger partial charge in [0.15, 0.2) is 5.11 Å². The molecule has 8 heteroatoms. The molecule has 0 spiro atoms. The van der Waals surface area contributed by atoms with Gasteiger partial charge < -0.3 is 24.3 Å². The summed E-state index contributed by atoms with van der Waals surface area (Å²) in [5.41, 5.74) is 3.99. The maximum absolute atomic E-state index is 12.4. The number of hydrogen-bond acceptors (Lipinski definition) is 6. The molecule has 182 valence electrons. The number of thiocarbonyl (C=S) groups is 1. The third-order valence-corrected chi connectivity index (χ3v) is 6.57. The minimum atomic E-state index is -0.416. The molecule has 0 radical (unpaired) electrons. The number of furan rings is 1. The smallest absolute Gasteiger partial charge is 0.338 e. The van der Waals surface area contributed by atoms with Gasteiger partial charge in [-0.3, -0.25) is 4.98 Å². The summed E-state index contributed by atoms with van der Waals surface area (Å²) in [6.07, 6.45) is 1.77. The average molecular weight is 499 g/mol. The lowest BCUT2D eigenvalue weighted by Gasteiger charge is -2.26. The van der Waals surface area contributed by atoms with Crippen molar-refractivity contribution < 1.29 is 13.9 Å². The fourth-order valence-corrected chi connectivity index (χ4v) is 4.82. The molecule has 2 atom stereocenters. The number of methoxy groups -OCH3 is 1. The average Bonchev–Trinajstić information content (AvgIpc) is 3.53. The van der Waals surface area contributed by atoms with E-state index in [-0.39, 0.29) is 12.1 Å². The Morgan fingerprint density at radius 3 is 2.47 bits per heavy atom. The summed E-state index contributed by atoms with van der Waals surface area (Å²) < 4.78 is 11.4. The highest BCUT2D eigenvalue weighted by molar-refractivity contribution is 7.80. The van der Waals surface area contributed by atoms with Crippen LogP contribution in [0.1, 0.15) is 33.9 Å². The molecule has 0 saturated carbocycles. The predicted molar refractivity (Wildman–Crippen MR) is 144 cm³/mol. The molecule has 1 fully saturated rings. The first-order valence-electron chi connectivity index (χ1n) is 11.5. The largest absolute Gasteiger partial charge is 0.465 e. The predicted octanol–water partition coefficient (Wildman–Crippen LogP) is 5.37. The number of aromatic nitrogens is 1. The van der Waals surface area contributed by atoms with Crippen molar-refractivity contribution >= 4 is 34.7 Å². The Labute approximate surface area is 215 Å². The van der Waals surface area contributed by atoms with Crippen LogP contribution in [0.25, 0.3) is 11.3 Å². The van der Waals surface area contributed by atoms with Gasteiger partial charge in [0, 0.05) is 37.2 Å². The summed E-state index contributed by atoms with van der Waals surface area (Å²) in [6, 6.07) is 24.6. The van der Waals surface area contributed by atoms with Gasteiger partial charge in [0.05, 0.1) is 24.4 Å². The highest BCUT2D eigenvalue weighted by atomic mass is 32.1. The van der Waals surface area contributed by atoms with E-state index in [2.05, 4.69) is 32.2 Å². The summed E-state index contributed by atoms with van der Waals surface area (Å²) in [7, 11) is 5.38. The molecule has 1 saturated heterocycles. The highest BCUT2D eigenvalue weighted by Gasteiger charge is 2.42. The zero-order valence-electron chi connectivity index (χ0n) is 20.2. The summed E-state index contributed by atoms with van der Waals surface area (Å²) in [6.45, 7) is 0. The third-order valence-electron chi connectivity index (χ3n) is 6.26. The van der Waals surface area contributed by atoms with E-state index in [0.717, 1.165) is 17.1 Å². The molecule has 2 aromatic carbocycles. The fourth-order valence-electron chi connectivity index (χ4n) is 4.48. The van der Waals surface area contributed by atoms with Crippen LogP contribution in [-0.4, -0.2) is 37.3 Å². The molecular weight excluding hydrogens is 472 g/mol. The fraction of sp³-hybridized carbons (Fsp3) is 0.179. The van der Waals surface area contributed by atoms with E-state index >= 15 is 0 Å². The molecule has 36 heavy (non-hydrogen) atoms.